The molecule has 0 saturated carbocycles. The standard InChI is InChI=1S/C11H11ClFN5/c1-18(2)11-16-9(12)15-10(17-11)14-8-5-3-7(13)4-6-8/h3-6H,1-2H3,(H,14,15,16,17). The summed E-state index contributed by atoms with van der Waals surface area (Å²) < 4.78 is 12.8. The van der Waals surface area contributed by atoms with Gasteiger partial charge in [0.15, 0.2) is 0 Å². The Bertz CT molecular complexity index is 544. The lowest BCUT2D eigenvalue weighted by Gasteiger charge is -2.11. The van der Waals surface area contributed by atoms with Crippen molar-refractivity contribution in [3.8, 4) is 0 Å². The molecule has 0 bridgehead atoms. The Kier molecular flexibility index (Phi) is 3.57. The van der Waals surface area contributed by atoms with Crippen LogP contribution in [0, 0.1) is 5.82 Å². The van der Waals surface area contributed by atoms with E-state index in [2.05, 4.69) is 20.3 Å². The molecule has 2 aromatic rings. The van der Waals surface area contributed by atoms with E-state index in [0.29, 0.717) is 17.6 Å². The SMILES string of the molecule is CN(C)c1nc(Cl)nc(Nc2ccc(F)cc2)n1. The molecule has 0 aliphatic carbocycles. The fourth-order valence-electron chi connectivity index (χ4n) is 1.26. The lowest BCUT2D eigenvalue weighted by molar-refractivity contribution is 0.628. The Balaban J connectivity index is 2.26. The van der Waals surface area contributed by atoms with Gasteiger partial charge in [-0.25, -0.2) is 4.39 Å². The van der Waals surface area contributed by atoms with Crippen molar-refractivity contribution in [2.24, 2.45) is 0 Å². The van der Waals surface area contributed by atoms with Gasteiger partial charge in [-0.2, -0.15) is 15.0 Å². The number of halogens is 2. The zero-order valence-corrected chi connectivity index (χ0v) is 10.6. The van der Waals surface area contributed by atoms with Crippen LogP contribution in [-0.2, 0) is 0 Å². The van der Waals surface area contributed by atoms with Gasteiger partial charge in [-0.3, -0.25) is 0 Å². The lowest BCUT2D eigenvalue weighted by atomic mass is 10.3. The van der Waals surface area contributed by atoms with Crippen molar-refractivity contribution in [2.45, 2.75) is 0 Å². The summed E-state index contributed by atoms with van der Waals surface area (Å²) in [6, 6.07) is 5.86. The monoisotopic (exact) mass is 267 g/mol. The van der Waals surface area contributed by atoms with Crippen molar-refractivity contribution in [3.05, 3.63) is 35.4 Å². The van der Waals surface area contributed by atoms with Gasteiger partial charge in [0.05, 0.1) is 0 Å². The van der Waals surface area contributed by atoms with E-state index in [4.69, 9.17) is 11.6 Å². The maximum Gasteiger partial charge on any atom is 0.233 e. The molecule has 0 aliphatic rings. The average molecular weight is 268 g/mol. The molecule has 0 fully saturated rings. The van der Waals surface area contributed by atoms with Crippen LogP contribution in [0.15, 0.2) is 24.3 Å². The number of rotatable bonds is 3. The van der Waals surface area contributed by atoms with Crippen LogP contribution in [0.25, 0.3) is 0 Å². The third-order valence-electron chi connectivity index (χ3n) is 2.10. The van der Waals surface area contributed by atoms with Gasteiger partial charge in [-0.1, -0.05) is 0 Å². The van der Waals surface area contributed by atoms with E-state index in [1.165, 1.54) is 12.1 Å². The topological polar surface area (TPSA) is 53.9 Å². The van der Waals surface area contributed by atoms with Crippen molar-refractivity contribution < 1.29 is 4.39 Å². The fourth-order valence-corrected chi connectivity index (χ4v) is 1.41. The van der Waals surface area contributed by atoms with Crippen LogP contribution < -0.4 is 10.2 Å². The van der Waals surface area contributed by atoms with Gasteiger partial charge >= 0.3 is 0 Å². The normalized spacial score (nSPS) is 10.2. The molecule has 0 saturated heterocycles. The molecule has 1 aromatic heterocycles. The maximum absolute atomic E-state index is 12.8. The number of hydrogen-bond acceptors (Lipinski definition) is 5. The van der Waals surface area contributed by atoms with Gasteiger partial charge < -0.3 is 10.2 Å². The number of nitrogens with zero attached hydrogens (tertiary/aromatic N) is 4. The highest BCUT2D eigenvalue weighted by atomic mass is 35.5. The smallest absolute Gasteiger partial charge is 0.233 e. The van der Waals surface area contributed by atoms with E-state index < -0.39 is 0 Å². The third kappa shape index (κ3) is 3.04. The van der Waals surface area contributed by atoms with Crippen molar-refractivity contribution in [2.75, 3.05) is 24.3 Å². The first kappa shape index (κ1) is 12.5. The average Bonchev–Trinajstić information content (AvgIpc) is 2.31. The number of hydrogen-bond donors (Lipinski definition) is 1. The predicted octanol–water partition coefficient (Wildman–Crippen LogP) is 2.47. The number of aromatic nitrogens is 3. The zero-order chi connectivity index (χ0) is 13.1. The Morgan fingerprint density at radius 3 is 2.39 bits per heavy atom. The second-order valence-corrected chi connectivity index (χ2v) is 4.09. The van der Waals surface area contributed by atoms with Crippen LogP contribution in [0.2, 0.25) is 5.28 Å². The van der Waals surface area contributed by atoms with Gasteiger partial charge in [0, 0.05) is 19.8 Å². The van der Waals surface area contributed by atoms with Gasteiger partial charge in [-0.05, 0) is 35.9 Å². The second-order valence-electron chi connectivity index (χ2n) is 3.75. The Labute approximate surface area is 109 Å². The summed E-state index contributed by atoms with van der Waals surface area (Å²) in [6.45, 7) is 0. The van der Waals surface area contributed by atoms with Crippen LogP contribution >= 0.6 is 11.6 Å². The molecular weight excluding hydrogens is 257 g/mol. The summed E-state index contributed by atoms with van der Waals surface area (Å²) >= 11 is 5.80. The molecule has 2 rings (SSSR count). The first-order chi connectivity index (χ1) is 8.54. The van der Waals surface area contributed by atoms with Crippen LogP contribution in [0.1, 0.15) is 0 Å². The molecule has 1 aromatic carbocycles. The highest BCUT2D eigenvalue weighted by Crippen LogP contribution is 2.16. The van der Waals surface area contributed by atoms with E-state index in [1.807, 2.05) is 0 Å². The van der Waals surface area contributed by atoms with E-state index in [9.17, 15) is 4.39 Å². The van der Waals surface area contributed by atoms with Crippen molar-refractivity contribution >= 4 is 29.2 Å². The van der Waals surface area contributed by atoms with Crippen LogP contribution in [0.4, 0.5) is 22.0 Å². The van der Waals surface area contributed by atoms with E-state index in [1.54, 1.807) is 31.1 Å². The summed E-state index contributed by atoms with van der Waals surface area (Å²) in [6.07, 6.45) is 0. The Morgan fingerprint density at radius 2 is 1.78 bits per heavy atom. The summed E-state index contributed by atoms with van der Waals surface area (Å²) in [7, 11) is 3.60. The third-order valence-corrected chi connectivity index (χ3v) is 2.27. The lowest BCUT2D eigenvalue weighted by Crippen LogP contribution is -2.14. The van der Waals surface area contributed by atoms with Crippen molar-refractivity contribution in [3.63, 3.8) is 0 Å². The molecule has 0 unspecified atom stereocenters. The molecule has 18 heavy (non-hydrogen) atoms. The zero-order valence-electron chi connectivity index (χ0n) is 9.85. The molecule has 0 radical (unpaired) electrons. The summed E-state index contributed by atoms with van der Waals surface area (Å²) in [5.41, 5.74) is 0.670. The molecule has 94 valence electrons. The van der Waals surface area contributed by atoms with Gasteiger partial charge in [-0.15, -0.1) is 0 Å². The Hall–Kier alpha value is -1.95. The molecule has 0 atom stereocenters. The Morgan fingerprint density at radius 1 is 1.11 bits per heavy atom. The van der Waals surface area contributed by atoms with E-state index >= 15 is 0 Å². The van der Waals surface area contributed by atoms with E-state index in [0.717, 1.165) is 0 Å². The minimum Gasteiger partial charge on any atom is -0.347 e. The summed E-state index contributed by atoms with van der Waals surface area (Å²) in [5.74, 6) is 0.452. The number of anilines is 3. The second kappa shape index (κ2) is 5.14. The highest BCUT2D eigenvalue weighted by Gasteiger charge is 2.06. The summed E-state index contributed by atoms with van der Waals surface area (Å²) in [5, 5.41) is 3.02. The highest BCUT2D eigenvalue weighted by molar-refractivity contribution is 6.28. The first-order valence-corrected chi connectivity index (χ1v) is 5.54. The number of benzene rings is 1. The first-order valence-electron chi connectivity index (χ1n) is 5.16. The summed E-state index contributed by atoms with van der Waals surface area (Å²) in [4.78, 5) is 13.8. The van der Waals surface area contributed by atoms with Crippen molar-refractivity contribution in [1.29, 1.82) is 0 Å². The van der Waals surface area contributed by atoms with Crippen molar-refractivity contribution in [1.82, 2.24) is 15.0 Å². The molecule has 1 N–H and O–H groups in total. The van der Waals surface area contributed by atoms with Gasteiger partial charge in [0.1, 0.15) is 5.82 Å². The molecular formula is C11H11ClFN5. The quantitative estimate of drug-likeness (QED) is 0.926. The minimum absolute atomic E-state index is 0.0957. The molecule has 7 heteroatoms. The largest absolute Gasteiger partial charge is 0.347 e. The van der Waals surface area contributed by atoms with E-state index in [-0.39, 0.29) is 11.1 Å². The van der Waals surface area contributed by atoms with Gasteiger partial charge in [0.2, 0.25) is 17.2 Å². The molecule has 0 amide bonds. The fraction of sp³-hybridized carbons (Fsp3) is 0.182. The van der Waals surface area contributed by atoms with Gasteiger partial charge in [0.25, 0.3) is 0 Å². The van der Waals surface area contributed by atoms with Crippen LogP contribution in [0.3, 0.4) is 0 Å². The maximum atomic E-state index is 12.8. The minimum atomic E-state index is -0.303. The molecule has 0 spiro atoms. The molecule has 1 heterocycles. The van der Waals surface area contributed by atoms with Crippen LogP contribution in [0.5, 0.6) is 0 Å². The molecule has 0 aliphatic heterocycles. The van der Waals surface area contributed by atoms with Crippen LogP contribution in [-0.4, -0.2) is 29.0 Å². The number of nitrogens with one attached hydrogen (secondary N) is 1. The predicted molar refractivity (Wildman–Crippen MR) is 68.8 cm³/mol. The molecule has 5 nitrogen and oxygen atoms in total.